The zero-order chi connectivity index (χ0) is 15.3. The number of halogens is 1. The lowest BCUT2D eigenvalue weighted by Crippen LogP contribution is -2.37. The zero-order valence-corrected chi connectivity index (χ0v) is 14.1. The summed E-state index contributed by atoms with van der Waals surface area (Å²) in [5.41, 5.74) is 0.804. The number of hydrogen-bond donors (Lipinski definition) is 2. The molecular formula is C15H23BrN2O2. The Bertz CT molecular complexity index is 463. The standard InChI is InChI=1S/C15H23BrN2O2/c1-10(2)8-17-15(20)9-18(4)11(3)13-7-12(16)5-6-14(13)19/h5-7,10-11,19H,8-9H2,1-4H3,(H,17,20). The van der Waals surface area contributed by atoms with Crippen molar-refractivity contribution in [1.29, 1.82) is 0 Å². The van der Waals surface area contributed by atoms with Gasteiger partial charge in [0.05, 0.1) is 6.54 Å². The Morgan fingerprint density at radius 3 is 2.65 bits per heavy atom. The van der Waals surface area contributed by atoms with E-state index >= 15 is 0 Å². The van der Waals surface area contributed by atoms with Crippen molar-refractivity contribution in [1.82, 2.24) is 10.2 Å². The molecule has 1 aromatic carbocycles. The molecule has 0 aliphatic heterocycles. The highest BCUT2D eigenvalue weighted by Gasteiger charge is 2.18. The van der Waals surface area contributed by atoms with Crippen LogP contribution in [0.25, 0.3) is 0 Å². The van der Waals surface area contributed by atoms with Gasteiger partial charge >= 0.3 is 0 Å². The van der Waals surface area contributed by atoms with Crippen molar-refractivity contribution in [2.75, 3.05) is 20.1 Å². The Balaban J connectivity index is 2.64. The van der Waals surface area contributed by atoms with Gasteiger partial charge in [-0.3, -0.25) is 9.69 Å². The van der Waals surface area contributed by atoms with Crippen LogP contribution in [0.2, 0.25) is 0 Å². The zero-order valence-electron chi connectivity index (χ0n) is 12.5. The molecule has 4 nitrogen and oxygen atoms in total. The first-order valence-electron chi connectivity index (χ1n) is 6.76. The van der Waals surface area contributed by atoms with E-state index in [1.807, 2.05) is 24.9 Å². The molecule has 1 rings (SSSR count). The van der Waals surface area contributed by atoms with E-state index in [1.165, 1.54) is 0 Å². The van der Waals surface area contributed by atoms with Crippen LogP contribution in [0.1, 0.15) is 32.4 Å². The highest BCUT2D eigenvalue weighted by Crippen LogP contribution is 2.30. The average molecular weight is 343 g/mol. The minimum Gasteiger partial charge on any atom is -0.508 e. The van der Waals surface area contributed by atoms with Crippen molar-refractivity contribution < 1.29 is 9.90 Å². The summed E-state index contributed by atoms with van der Waals surface area (Å²) < 4.78 is 0.912. The molecule has 0 spiro atoms. The largest absolute Gasteiger partial charge is 0.508 e. The Hall–Kier alpha value is -1.07. The second kappa shape index (κ2) is 7.64. The smallest absolute Gasteiger partial charge is 0.234 e. The highest BCUT2D eigenvalue weighted by atomic mass is 79.9. The van der Waals surface area contributed by atoms with Gasteiger partial charge in [0.15, 0.2) is 0 Å². The molecule has 112 valence electrons. The first-order valence-corrected chi connectivity index (χ1v) is 7.56. The molecule has 0 saturated heterocycles. The molecule has 0 heterocycles. The SMILES string of the molecule is CC(C)CNC(=O)CN(C)C(C)c1cc(Br)ccc1O. The van der Waals surface area contributed by atoms with Crippen molar-refractivity contribution in [2.45, 2.75) is 26.8 Å². The number of aromatic hydroxyl groups is 1. The molecule has 1 atom stereocenters. The third kappa shape index (κ3) is 5.13. The van der Waals surface area contributed by atoms with Crippen molar-refractivity contribution >= 4 is 21.8 Å². The quantitative estimate of drug-likeness (QED) is 0.835. The van der Waals surface area contributed by atoms with Crippen LogP contribution in [0.5, 0.6) is 5.75 Å². The molecule has 0 saturated carbocycles. The third-order valence-electron chi connectivity index (χ3n) is 3.20. The Morgan fingerprint density at radius 1 is 1.40 bits per heavy atom. The van der Waals surface area contributed by atoms with Gasteiger partial charge in [0.1, 0.15) is 5.75 Å². The molecule has 0 aliphatic carbocycles. The fourth-order valence-corrected chi connectivity index (χ4v) is 2.21. The summed E-state index contributed by atoms with van der Waals surface area (Å²) in [7, 11) is 1.87. The van der Waals surface area contributed by atoms with Crippen LogP contribution in [0.4, 0.5) is 0 Å². The summed E-state index contributed by atoms with van der Waals surface area (Å²) in [6, 6.07) is 5.28. The fourth-order valence-electron chi connectivity index (χ4n) is 1.83. The lowest BCUT2D eigenvalue weighted by molar-refractivity contribution is -0.122. The van der Waals surface area contributed by atoms with E-state index in [9.17, 15) is 9.90 Å². The summed E-state index contributed by atoms with van der Waals surface area (Å²) in [5, 5.41) is 12.8. The fraction of sp³-hybridized carbons (Fsp3) is 0.533. The number of nitrogens with one attached hydrogen (secondary N) is 1. The van der Waals surface area contributed by atoms with Gasteiger partial charge < -0.3 is 10.4 Å². The predicted molar refractivity (Wildman–Crippen MR) is 84.7 cm³/mol. The molecule has 20 heavy (non-hydrogen) atoms. The van der Waals surface area contributed by atoms with Gasteiger partial charge in [-0.15, -0.1) is 0 Å². The van der Waals surface area contributed by atoms with Gasteiger partial charge in [-0.05, 0) is 38.1 Å². The molecule has 0 aromatic heterocycles. The van der Waals surface area contributed by atoms with Gasteiger partial charge in [-0.2, -0.15) is 0 Å². The molecular weight excluding hydrogens is 320 g/mol. The van der Waals surface area contributed by atoms with Crippen molar-refractivity contribution in [2.24, 2.45) is 5.92 Å². The molecule has 1 amide bonds. The van der Waals surface area contributed by atoms with Crippen LogP contribution >= 0.6 is 15.9 Å². The molecule has 0 fully saturated rings. The molecule has 0 aliphatic rings. The summed E-state index contributed by atoms with van der Waals surface area (Å²) in [6.45, 7) is 7.08. The van der Waals surface area contributed by atoms with E-state index in [1.54, 1.807) is 12.1 Å². The second-order valence-corrected chi connectivity index (χ2v) is 6.41. The van der Waals surface area contributed by atoms with E-state index in [4.69, 9.17) is 0 Å². The second-order valence-electron chi connectivity index (χ2n) is 5.49. The maximum Gasteiger partial charge on any atom is 0.234 e. The third-order valence-corrected chi connectivity index (χ3v) is 3.69. The number of hydrogen-bond acceptors (Lipinski definition) is 3. The summed E-state index contributed by atoms with van der Waals surface area (Å²) in [5.74, 6) is 0.688. The number of rotatable bonds is 6. The number of phenolic OH excluding ortho intramolecular Hbond substituents is 1. The van der Waals surface area contributed by atoms with Gasteiger partial charge in [0.2, 0.25) is 5.91 Å². The monoisotopic (exact) mass is 342 g/mol. The van der Waals surface area contributed by atoms with Gasteiger partial charge in [0, 0.05) is 22.6 Å². The molecule has 5 heteroatoms. The van der Waals surface area contributed by atoms with Crippen molar-refractivity contribution in [3.63, 3.8) is 0 Å². The van der Waals surface area contributed by atoms with Crippen LogP contribution in [0.3, 0.4) is 0 Å². The van der Waals surface area contributed by atoms with Crippen LogP contribution in [0.15, 0.2) is 22.7 Å². The minimum atomic E-state index is -0.0442. The van der Waals surface area contributed by atoms with E-state index in [0.29, 0.717) is 19.0 Å². The number of amides is 1. The number of likely N-dealkylation sites (N-methyl/N-ethyl adjacent to an activating group) is 1. The Morgan fingerprint density at radius 2 is 2.05 bits per heavy atom. The molecule has 1 aromatic rings. The number of carbonyl (C=O) groups excluding carboxylic acids is 1. The van der Waals surface area contributed by atoms with Crippen molar-refractivity contribution in [3.8, 4) is 5.75 Å². The minimum absolute atomic E-state index is 0.00235. The van der Waals surface area contributed by atoms with Crippen LogP contribution in [0, 0.1) is 5.92 Å². The molecule has 2 N–H and O–H groups in total. The first kappa shape index (κ1) is 17.0. The first-order chi connectivity index (χ1) is 9.31. The van der Waals surface area contributed by atoms with E-state index in [-0.39, 0.29) is 17.7 Å². The van der Waals surface area contributed by atoms with Gasteiger partial charge in [-0.25, -0.2) is 0 Å². The maximum absolute atomic E-state index is 11.8. The average Bonchev–Trinajstić information content (AvgIpc) is 2.38. The summed E-state index contributed by atoms with van der Waals surface area (Å²) in [4.78, 5) is 13.7. The van der Waals surface area contributed by atoms with Gasteiger partial charge in [0.25, 0.3) is 0 Å². The molecule has 0 radical (unpaired) electrons. The predicted octanol–water partition coefficient (Wildman–Crippen LogP) is 2.92. The highest BCUT2D eigenvalue weighted by molar-refractivity contribution is 9.10. The van der Waals surface area contributed by atoms with E-state index in [0.717, 1.165) is 10.0 Å². The Labute approximate surface area is 129 Å². The maximum atomic E-state index is 11.8. The van der Waals surface area contributed by atoms with E-state index in [2.05, 4.69) is 35.1 Å². The molecule has 1 unspecified atom stereocenters. The summed E-state index contributed by atoms with van der Waals surface area (Å²) in [6.07, 6.45) is 0. The van der Waals surface area contributed by atoms with Gasteiger partial charge in [-0.1, -0.05) is 29.8 Å². The Kier molecular flexibility index (Phi) is 6.49. The number of benzene rings is 1. The topological polar surface area (TPSA) is 52.6 Å². The number of carbonyl (C=O) groups is 1. The molecule has 0 bridgehead atoms. The van der Waals surface area contributed by atoms with E-state index < -0.39 is 0 Å². The van der Waals surface area contributed by atoms with Crippen LogP contribution in [-0.4, -0.2) is 36.1 Å². The van der Waals surface area contributed by atoms with Crippen molar-refractivity contribution in [3.05, 3.63) is 28.2 Å². The number of nitrogens with zero attached hydrogens (tertiary/aromatic N) is 1. The van der Waals surface area contributed by atoms with Crippen LogP contribution < -0.4 is 5.32 Å². The van der Waals surface area contributed by atoms with Crippen LogP contribution in [-0.2, 0) is 4.79 Å². The lowest BCUT2D eigenvalue weighted by atomic mass is 10.1. The normalized spacial score (nSPS) is 12.8. The lowest BCUT2D eigenvalue weighted by Gasteiger charge is -2.25. The number of phenols is 1. The summed E-state index contributed by atoms with van der Waals surface area (Å²) >= 11 is 3.40.